The smallest absolute Gasteiger partial charge is 0.255 e. The molecule has 2 amide bonds. The lowest BCUT2D eigenvalue weighted by atomic mass is 9.97. The number of anilines is 1. The molecule has 0 bridgehead atoms. The SMILES string of the molecule is CC(=O)NCc1cccc(NC(=O)c2ccc(-c3cc(-c4nnc(C)o4)ccc3C)cc2)c1. The fourth-order valence-corrected chi connectivity index (χ4v) is 3.47. The summed E-state index contributed by atoms with van der Waals surface area (Å²) in [6.07, 6.45) is 0. The Morgan fingerprint density at radius 1 is 0.909 bits per heavy atom. The van der Waals surface area contributed by atoms with E-state index >= 15 is 0 Å². The lowest BCUT2D eigenvalue weighted by Gasteiger charge is -2.10. The molecule has 0 aliphatic heterocycles. The second-order valence-electron chi connectivity index (χ2n) is 7.80. The molecule has 0 saturated carbocycles. The molecule has 3 aromatic carbocycles. The summed E-state index contributed by atoms with van der Waals surface area (Å²) in [5.41, 5.74) is 6.09. The van der Waals surface area contributed by atoms with Crippen LogP contribution in [-0.2, 0) is 11.3 Å². The average Bonchev–Trinajstić information content (AvgIpc) is 3.24. The van der Waals surface area contributed by atoms with Gasteiger partial charge in [0.05, 0.1) is 0 Å². The van der Waals surface area contributed by atoms with Gasteiger partial charge in [-0.2, -0.15) is 0 Å². The molecular formula is C26H24N4O3. The van der Waals surface area contributed by atoms with E-state index in [4.69, 9.17) is 4.42 Å². The number of nitrogens with one attached hydrogen (secondary N) is 2. The van der Waals surface area contributed by atoms with Crippen molar-refractivity contribution in [2.75, 3.05) is 5.32 Å². The molecule has 0 unspecified atom stereocenters. The number of nitrogens with zero attached hydrogens (tertiary/aromatic N) is 2. The lowest BCUT2D eigenvalue weighted by molar-refractivity contribution is -0.119. The molecule has 2 N–H and O–H groups in total. The maximum absolute atomic E-state index is 12.7. The number of hydrogen-bond acceptors (Lipinski definition) is 5. The second kappa shape index (κ2) is 9.48. The van der Waals surface area contributed by atoms with Crippen molar-refractivity contribution in [3.8, 4) is 22.6 Å². The van der Waals surface area contributed by atoms with Gasteiger partial charge in [-0.1, -0.05) is 30.3 Å². The third-order valence-corrected chi connectivity index (χ3v) is 5.19. The number of carbonyl (C=O) groups excluding carboxylic acids is 2. The van der Waals surface area contributed by atoms with Crippen LogP contribution in [0.2, 0.25) is 0 Å². The quantitative estimate of drug-likeness (QED) is 0.444. The minimum absolute atomic E-state index is 0.0995. The number of benzene rings is 3. The molecule has 1 aromatic heterocycles. The van der Waals surface area contributed by atoms with Crippen LogP contribution in [0, 0.1) is 13.8 Å². The zero-order valence-corrected chi connectivity index (χ0v) is 18.7. The standard InChI is InChI=1S/C26H24N4O3/c1-16-7-8-22(26-30-29-18(3)33-26)14-24(16)20-9-11-21(12-10-20)25(32)28-23-6-4-5-19(13-23)15-27-17(2)31/h4-14H,15H2,1-3H3,(H,27,31)(H,28,32). The number of amides is 2. The summed E-state index contributed by atoms with van der Waals surface area (Å²) in [4.78, 5) is 23.9. The van der Waals surface area contributed by atoms with Crippen LogP contribution >= 0.6 is 0 Å². The summed E-state index contributed by atoms with van der Waals surface area (Å²) in [6, 6.07) is 20.8. The molecule has 166 valence electrons. The topological polar surface area (TPSA) is 97.1 Å². The van der Waals surface area contributed by atoms with E-state index in [2.05, 4.69) is 20.8 Å². The summed E-state index contributed by atoms with van der Waals surface area (Å²) >= 11 is 0. The first-order valence-corrected chi connectivity index (χ1v) is 10.6. The zero-order valence-electron chi connectivity index (χ0n) is 18.7. The van der Waals surface area contributed by atoms with E-state index in [-0.39, 0.29) is 11.8 Å². The molecule has 0 atom stereocenters. The predicted octanol–water partition coefficient (Wildman–Crippen LogP) is 4.91. The van der Waals surface area contributed by atoms with Crippen LogP contribution in [0.1, 0.15) is 34.3 Å². The van der Waals surface area contributed by atoms with Crippen LogP contribution in [0.3, 0.4) is 0 Å². The third-order valence-electron chi connectivity index (χ3n) is 5.19. The summed E-state index contributed by atoms with van der Waals surface area (Å²) in [6.45, 7) is 5.68. The molecule has 1 heterocycles. The Morgan fingerprint density at radius 2 is 1.67 bits per heavy atom. The van der Waals surface area contributed by atoms with Crippen molar-refractivity contribution in [1.82, 2.24) is 15.5 Å². The predicted molar refractivity (Wildman–Crippen MR) is 127 cm³/mol. The Labute approximate surface area is 191 Å². The van der Waals surface area contributed by atoms with Crippen LogP contribution < -0.4 is 10.6 Å². The average molecular weight is 441 g/mol. The van der Waals surface area contributed by atoms with Gasteiger partial charge in [-0.05, 0) is 65.6 Å². The molecule has 0 fully saturated rings. The van der Waals surface area contributed by atoms with Crippen molar-refractivity contribution in [2.45, 2.75) is 27.3 Å². The minimum atomic E-state index is -0.204. The number of hydrogen-bond donors (Lipinski definition) is 2. The lowest BCUT2D eigenvalue weighted by Crippen LogP contribution is -2.19. The number of rotatable bonds is 6. The van der Waals surface area contributed by atoms with E-state index in [1.807, 2.05) is 61.5 Å². The number of aromatic nitrogens is 2. The molecule has 33 heavy (non-hydrogen) atoms. The highest BCUT2D eigenvalue weighted by molar-refractivity contribution is 6.04. The van der Waals surface area contributed by atoms with Crippen molar-refractivity contribution >= 4 is 17.5 Å². The first kappa shape index (κ1) is 22.0. The van der Waals surface area contributed by atoms with E-state index in [1.54, 1.807) is 19.1 Å². The fourth-order valence-electron chi connectivity index (χ4n) is 3.47. The van der Waals surface area contributed by atoms with Crippen molar-refractivity contribution < 1.29 is 14.0 Å². The van der Waals surface area contributed by atoms with Crippen molar-refractivity contribution in [3.05, 3.63) is 89.3 Å². The van der Waals surface area contributed by atoms with Gasteiger partial charge in [0.15, 0.2) is 0 Å². The Balaban J connectivity index is 1.50. The molecule has 0 aliphatic carbocycles. The third kappa shape index (κ3) is 5.33. The number of aryl methyl sites for hydroxylation is 2. The van der Waals surface area contributed by atoms with Gasteiger partial charge >= 0.3 is 0 Å². The highest BCUT2D eigenvalue weighted by atomic mass is 16.4. The summed E-state index contributed by atoms with van der Waals surface area (Å²) in [7, 11) is 0. The van der Waals surface area contributed by atoms with Gasteiger partial charge < -0.3 is 15.1 Å². The van der Waals surface area contributed by atoms with Crippen LogP contribution in [0.15, 0.2) is 71.1 Å². The highest BCUT2D eigenvalue weighted by Crippen LogP contribution is 2.29. The van der Waals surface area contributed by atoms with Crippen molar-refractivity contribution in [1.29, 1.82) is 0 Å². The fraction of sp³-hybridized carbons (Fsp3) is 0.154. The molecular weight excluding hydrogens is 416 g/mol. The van der Waals surface area contributed by atoms with Gasteiger partial charge in [0.1, 0.15) is 0 Å². The van der Waals surface area contributed by atoms with Gasteiger partial charge in [-0.25, -0.2) is 0 Å². The normalized spacial score (nSPS) is 10.6. The van der Waals surface area contributed by atoms with Gasteiger partial charge in [0, 0.05) is 37.2 Å². The van der Waals surface area contributed by atoms with E-state index in [9.17, 15) is 9.59 Å². The van der Waals surface area contributed by atoms with E-state index in [1.165, 1.54) is 6.92 Å². The molecule has 0 saturated heterocycles. The Bertz CT molecular complexity index is 1310. The van der Waals surface area contributed by atoms with E-state index in [0.717, 1.165) is 27.8 Å². The maximum atomic E-state index is 12.7. The van der Waals surface area contributed by atoms with Crippen molar-refractivity contribution in [2.24, 2.45) is 0 Å². The van der Waals surface area contributed by atoms with Crippen LogP contribution in [0.4, 0.5) is 5.69 Å². The Hall–Kier alpha value is -4.26. The molecule has 7 heteroatoms. The van der Waals surface area contributed by atoms with E-state index < -0.39 is 0 Å². The number of carbonyl (C=O) groups is 2. The maximum Gasteiger partial charge on any atom is 0.255 e. The Kier molecular flexibility index (Phi) is 6.31. The minimum Gasteiger partial charge on any atom is -0.421 e. The highest BCUT2D eigenvalue weighted by Gasteiger charge is 2.11. The zero-order chi connectivity index (χ0) is 23.4. The second-order valence-corrected chi connectivity index (χ2v) is 7.80. The van der Waals surface area contributed by atoms with Crippen molar-refractivity contribution in [3.63, 3.8) is 0 Å². The first-order valence-electron chi connectivity index (χ1n) is 10.6. The summed E-state index contributed by atoms with van der Waals surface area (Å²) < 4.78 is 5.55. The van der Waals surface area contributed by atoms with Crippen LogP contribution in [-0.4, -0.2) is 22.0 Å². The molecule has 4 aromatic rings. The monoisotopic (exact) mass is 440 g/mol. The van der Waals surface area contributed by atoms with Gasteiger partial charge in [-0.3, -0.25) is 9.59 Å². The first-order chi connectivity index (χ1) is 15.9. The molecule has 0 radical (unpaired) electrons. The summed E-state index contributed by atoms with van der Waals surface area (Å²) in [5.74, 6) is 0.691. The molecule has 0 spiro atoms. The summed E-state index contributed by atoms with van der Waals surface area (Å²) in [5, 5.41) is 13.7. The van der Waals surface area contributed by atoms with Gasteiger partial charge in [-0.15, -0.1) is 10.2 Å². The molecule has 0 aliphatic rings. The van der Waals surface area contributed by atoms with Gasteiger partial charge in [0.2, 0.25) is 17.7 Å². The van der Waals surface area contributed by atoms with E-state index in [0.29, 0.717) is 29.6 Å². The molecule has 4 rings (SSSR count). The van der Waals surface area contributed by atoms with Crippen LogP contribution in [0.5, 0.6) is 0 Å². The largest absolute Gasteiger partial charge is 0.421 e. The van der Waals surface area contributed by atoms with Crippen LogP contribution in [0.25, 0.3) is 22.6 Å². The Morgan fingerprint density at radius 3 is 2.36 bits per heavy atom. The molecule has 7 nitrogen and oxygen atoms in total. The van der Waals surface area contributed by atoms with Gasteiger partial charge in [0.25, 0.3) is 5.91 Å².